The summed E-state index contributed by atoms with van der Waals surface area (Å²) in [5.74, 6) is 1.70. The van der Waals surface area contributed by atoms with E-state index in [2.05, 4.69) is 40.9 Å². The number of nitrogens with one attached hydrogen (secondary N) is 1. The van der Waals surface area contributed by atoms with Gasteiger partial charge in [0.2, 0.25) is 0 Å². The number of ether oxygens (including phenoxy) is 2. The van der Waals surface area contributed by atoms with Gasteiger partial charge in [0, 0.05) is 52.9 Å². The van der Waals surface area contributed by atoms with Crippen molar-refractivity contribution in [2.75, 3.05) is 59.5 Å². The van der Waals surface area contributed by atoms with Crippen molar-refractivity contribution < 1.29 is 9.47 Å². The molecule has 0 bridgehead atoms. The van der Waals surface area contributed by atoms with Gasteiger partial charge in [-0.1, -0.05) is 13.8 Å². The van der Waals surface area contributed by atoms with Crippen molar-refractivity contribution in [1.82, 2.24) is 15.1 Å². The fourth-order valence-corrected chi connectivity index (χ4v) is 3.59. The van der Waals surface area contributed by atoms with Gasteiger partial charge < -0.3 is 19.7 Å². The van der Waals surface area contributed by atoms with E-state index >= 15 is 0 Å². The Balaban J connectivity index is 1.73. The second-order valence-electron chi connectivity index (χ2n) is 7.22. The molecule has 2 aliphatic rings. The Kier molecular flexibility index (Phi) is 8.29. The van der Waals surface area contributed by atoms with Gasteiger partial charge in [0.15, 0.2) is 5.96 Å². The minimum Gasteiger partial charge on any atom is -0.378 e. The molecule has 0 aliphatic carbocycles. The number of guanidine groups is 1. The van der Waals surface area contributed by atoms with Crippen molar-refractivity contribution in [3.8, 4) is 0 Å². The van der Waals surface area contributed by atoms with Crippen molar-refractivity contribution in [2.45, 2.75) is 45.8 Å². The van der Waals surface area contributed by atoms with Crippen LogP contribution in [0.25, 0.3) is 0 Å². The Morgan fingerprint density at radius 2 is 2.04 bits per heavy atom. The molecule has 1 N–H and O–H groups in total. The van der Waals surface area contributed by atoms with Crippen molar-refractivity contribution in [1.29, 1.82) is 0 Å². The minimum absolute atomic E-state index is 0.246. The molecule has 2 fully saturated rings. The van der Waals surface area contributed by atoms with Gasteiger partial charge in [0.1, 0.15) is 0 Å². The quantitative estimate of drug-likeness (QED) is 0.585. The van der Waals surface area contributed by atoms with E-state index in [0.29, 0.717) is 12.0 Å². The maximum atomic E-state index is 5.92. The maximum Gasteiger partial charge on any atom is 0.193 e. The van der Waals surface area contributed by atoms with Crippen LogP contribution >= 0.6 is 0 Å². The molecule has 2 heterocycles. The molecule has 24 heavy (non-hydrogen) atoms. The first-order valence-corrected chi connectivity index (χ1v) is 9.53. The van der Waals surface area contributed by atoms with Crippen molar-refractivity contribution in [3.63, 3.8) is 0 Å². The summed E-state index contributed by atoms with van der Waals surface area (Å²) in [5.41, 5.74) is 0. The van der Waals surface area contributed by atoms with Gasteiger partial charge in [0.25, 0.3) is 0 Å². The van der Waals surface area contributed by atoms with Crippen LogP contribution in [0.5, 0.6) is 0 Å². The van der Waals surface area contributed by atoms with Gasteiger partial charge in [-0.05, 0) is 25.7 Å². The van der Waals surface area contributed by atoms with E-state index in [1.165, 1.54) is 0 Å². The molecular formula is C18H36N4O2. The highest BCUT2D eigenvalue weighted by atomic mass is 16.5. The number of morpholine rings is 1. The molecular weight excluding hydrogens is 304 g/mol. The topological polar surface area (TPSA) is 49.3 Å². The van der Waals surface area contributed by atoms with Crippen molar-refractivity contribution in [2.24, 2.45) is 10.9 Å². The summed E-state index contributed by atoms with van der Waals surface area (Å²) in [6.07, 6.45) is 2.82. The highest BCUT2D eigenvalue weighted by Gasteiger charge is 2.24. The van der Waals surface area contributed by atoms with E-state index in [-0.39, 0.29) is 6.10 Å². The monoisotopic (exact) mass is 340 g/mol. The molecule has 0 saturated carbocycles. The summed E-state index contributed by atoms with van der Waals surface area (Å²) >= 11 is 0. The molecule has 0 spiro atoms. The van der Waals surface area contributed by atoms with Crippen LogP contribution in [0.3, 0.4) is 0 Å². The predicted octanol–water partition coefficient (Wildman–Crippen LogP) is 1.42. The van der Waals surface area contributed by atoms with Gasteiger partial charge in [-0.2, -0.15) is 0 Å². The Morgan fingerprint density at radius 3 is 2.67 bits per heavy atom. The second-order valence-corrected chi connectivity index (χ2v) is 7.22. The number of nitrogens with zero attached hydrogens (tertiary/aromatic N) is 3. The van der Waals surface area contributed by atoms with Gasteiger partial charge in [0.05, 0.1) is 18.8 Å². The van der Waals surface area contributed by atoms with Crippen molar-refractivity contribution in [3.05, 3.63) is 0 Å². The van der Waals surface area contributed by atoms with Crippen LogP contribution in [0.1, 0.15) is 33.6 Å². The average molecular weight is 341 g/mol. The number of likely N-dealkylation sites (tertiary alicyclic amines) is 1. The maximum absolute atomic E-state index is 5.92. The first-order chi connectivity index (χ1) is 11.6. The average Bonchev–Trinajstić information content (AvgIpc) is 2.57. The third-order valence-corrected chi connectivity index (χ3v) is 4.69. The predicted molar refractivity (Wildman–Crippen MR) is 98.6 cm³/mol. The lowest BCUT2D eigenvalue weighted by molar-refractivity contribution is -0.0288. The molecule has 6 nitrogen and oxygen atoms in total. The van der Waals surface area contributed by atoms with E-state index in [4.69, 9.17) is 9.47 Å². The molecule has 140 valence electrons. The van der Waals surface area contributed by atoms with E-state index in [1.54, 1.807) is 0 Å². The third-order valence-electron chi connectivity index (χ3n) is 4.69. The molecule has 0 amide bonds. The summed E-state index contributed by atoms with van der Waals surface area (Å²) in [6.45, 7) is 14.3. The SMILES string of the molecule is CCOC1CCN(C(=NC)NCC2CN(CC(C)C)CCO2)CC1. The summed E-state index contributed by atoms with van der Waals surface area (Å²) in [5, 5.41) is 3.51. The summed E-state index contributed by atoms with van der Waals surface area (Å²) in [6, 6.07) is 0. The molecule has 0 aromatic carbocycles. The van der Waals surface area contributed by atoms with Crippen LogP contribution in [-0.2, 0) is 9.47 Å². The molecule has 2 rings (SSSR count). The number of aliphatic imine (C=N–C) groups is 1. The summed E-state index contributed by atoms with van der Waals surface area (Å²) in [4.78, 5) is 9.30. The van der Waals surface area contributed by atoms with E-state index in [1.807, 2.05) is 7.05 Å². The Morgan fingerprint density at radius 1 is 1.29 bits per heavy atom. The van der Waals surface area contributed by atoms with Gasteiger partial charge in [-0.15, -0.1) is 0 Å². The molecule has 2 aliphatic heterocycles. The van der Waals surface area contributed by atoms with Crippen LogP contribution in [0.4, 0.5) is 0 Å². The Hall–Kier alpha value is -0.850. The van der Waals surface area contributed by atoms with Crippen LogP contribution in [0.2, 0.25) is 0 Å². The third kappa shape index (κ3) is 6.22. The number of hydrogen-bond acceptors (Lipinski definition) is 4. The number of rotatable bonds is 6. The highest BCUT2D eigenvalue weighted by Crippen LogP contribution is 2.14. The molecule has 1 atom stereocenters. The van der Waals surface area contributed by atoms with Crippen LogP contribution in [0, 0.1) is 5.92 Å². The summed E-state index contributed by atoms with van der Waals surface area (Å²) in [7, 11) is 1.86. The fraction of sp³-hybridized carbons (Fsp3) is 0.944. The zero-order valence-electron chi connectivity index (χ0n) is 16.0. The highest BCUT2D eigenvalue weighted by molar-refractivity contribution is 5.80. The first kappa shape index (κ1) is 19.5. The lowest BCUT2D eigenvalue weighted by atomic mass is 10.1. The van der Waals surface area contributed by atoms with Gasteiger partial charge >= 0.3 is 0 Å². The summed E-state index contributed by atoms with van der Waals surface area (Å²) < 4.78 is 11.7. The van der Waals surface area contributed by atoms with Crippen LogP contribution in [-0.4, -0.2) is 87.5 Å². The standard InChI is InChI=1S/C18H36N4O2/c1-5-23-16-6-8-22(9-7-16)18(19-4)20-12-17-14-21(10-11-24-17)13-15(2)3/h15-17H,5-14H2,1-4H3,(H,19,20). The van der Waals surface area contributed by atoms with Crippen LogP contribution in [0.15, 0.2) is 4.99 Å². The normalized spacial score (nSPS) is 24.6. The molecule has 1 unspecified atom stereocenters. The zero-order valence-corrected chi connectivity index (χ0v) is 16.0. The lowest BCUT2D eigenvalue weighted by Gasteiger charge is -2.36. The Bertz CT molecular complexity index is 381. The second kappa shape index (κ2) is 10.2. The first-order valence-electron chi connectivity index (χ1n) is 9.53. The van der Waals surface area contributed by atoms with Crippen LogP contribution < -0.4 is 5.32 Å². The Labute approximate surface area is 147 Å². The minimum atomic E-state index is 0.246. The largest absolute Gasteiger partial charge is 0.378 e. The number of piperidine rings is 1. The zero-order chi connectivity index (χ0) is 17.4. The molecule has 0 aromatic rings. The van der Waals surface area contributed by atoms with Gasteiger partial charge in [-0.3, -0.25) is 9.89 Å². The fourth-order valence-electron chi connectivity index (χ4n) is 3.59. The van der Waals surface area contributed by atoms with E-state index in [0.717, 1.165) is 71.3 Å². The lowest BCUT2D eigenvalue weighted by Crippen LogP contribution is -2.52. The van der Waals surface area contributed by atoms with Crippen molar-refractivity contribution >= 4 is 5.96 Å². The molecule has 0 radical (unpaired) electrons. The number of hydrogen-bond donors (Lipinski definition) is 1. The molecule has 0 aromatic heterocycles. The van der Waals surface area contributed by atoms with E-state index < -0.39 is 0 Å². The molecule has 2 saturated heterocycles. The smallest absolute Gasteiger partial charge is 0.193 e. The molecule has 6 heteroatoms. The van der Waals surface area contributed by atoms with E-state index in [9.17, 15) is 0 Å². The van der Waals surface area contributed by atoms with Gasteiger partial charge in [-0.25, -0.2) is 0 Å².